The van der Waals surface area contributed by atoms with E-state index in [4.69, 9.17) is 4.74 Å². The summed E-state index contributed by atoms with van der Waals surface area (Å²) in [6.07, 6.45) is 0.149. The fourth-order valence-corrected chi connectivity index (χ4v) is 4.88. The average Bonchev–Trinajstić information content (AvgIpc) is 2.79. The van der Waals surface area contributed by atoms with Gasteiger partial charge in [-0.25, -0.2) is 12.8 Å². The number of carbonyl (C=O) groups is 1. The van der Waals surface area contributed by atoms with Crippen LogP contribution in [0.1, 0.15) is 29.7 Å². The first-order valence-corrected chi connectivity index (χ1v) is 11.9. The number of rotatable bonds is 9. The van der Waals surface area contributed by atoms with E-state index in [1.54, 1.807) is 38.1 Å². The molecule has 0 radical (unpaired) electrons. The zero-order chi connectivity index (χ0) is 24.0. The molecule has 0 saturated carbocycles. The Balaban J connectivity index is 1.88. The first-order valence-electron chi connectivity index (χ1n) is 10.5. The van der Waals surface area contributed by atoms with Gasteiger partial charge in [-0.1, -0.05) is 48.5 Å². The molecule has 0 aliphatic heterocycles. The smallest absolute Gasteiger partial charge is 0.244 e. The molecule has 2 N–H and O–H groups in total. The van der Waals surface area contributed by atoms with Gasteiger partial charge in [-0.05, 0) is 61.2 Å². The van der Waals surface area contributed by atoms with Gasteiger partial charge in [0.15, 0.2) is 0 Å². The number of carbonyl (C=O) groups excluding carboxylic acids is 1. The number of hydrogen-bond donors (Lipinski definition) is 2. The molecule has 0 fully saturated rings. The molecule has 0 saturated heterocycles. The molecule has 0 aliphatic carbocycles. The molecule has 1 amide bonds. The van der Waals surface area contributed by atoms with Crippen molar-refractivity contribution in [3.05, 3.63) is 95.3 Å². The van der Waals surface area contributed by atoms with Crippen LogP contribution in [0.25, 0.3) is 0 Å². The molecular weight excluding hydrogens is 443 g/mol. The van der Waals surface area contributed by atoms with Crippen LogP contribution in [-0.4, -0.2) is 27.5 Å². The number of sulfonamides is 1. The predicted octanol–water partition coefficient (Wildman–Crippen LogP) is 3.91. The number of halogens is 1. The van der Waals surface area contributed by atoms with Crippen molar-refractivity contribution in [1.82, 2.24) is 10.0 Å². The average molecular weight is 471 g/mol. The van der Waals surface area contributed by atoms with Gasteiger partial charge in [0.1, 0.15) is 22.5 Å². The Kier molecular flexibility index (Phi) is 7.84. The van der Waals surface area contributed by atoms with Crippen LogP contribution in [0.15, 0.2) is 77.7 Å². The van der Waals surface area contributed by atoms with Crippen molar-refractivity contribution in [2.24, 2.45) is 0 Å². The van der Waals surface area contributed by atoms with E-state index in [9.17, 15) is 17.6 Å². The first-order chi connectivity index (χ1) is 15.7. The van der Waals surface area contributed by atoms with E-state index in [1.807, 2.05) is 30.3 Å². The predicted molar refractivity (Wildman–Crippen MR) is 125 cm³/mol. The molecule has 3 aromatic rings. The number of hydrogen-bond acceptors (Lipinski definition) is 4. The lowest BCUT2D eigenvalue weighted by atomic mass is 10.0. The van der Waals surface area contributed by atoms with Crippen LogP contribution in [0, 0.1) is 12.7 Å². The second kappa shape index (κ2) is 10.6. The maximum atomic E-state index is 13.2. The summed E-state index contributed by atoms with van der Waals surface area (Å²) >= 11 is 0. The monoisotopic (exact) mass is 470 g/mol. The lowest BCUT2D eigenvalue weighted by Crippen LogP contribution is -2.48. The van der Waals surface area contributed by atoms with Crippen LogP contribution in [0.2, 0.25) is 0 Å². The molecule has 0 aromatic heterocycles. The summed E-state index contributed by atoms with van der Waals surface area (Å²) in [6.45, 7) is 3.53. The quantitative estimate of drug-likeness (QED) is 0.497. The van der Waals surface area contributed by atoms with Crippen molar-refractivity contribution in [1.29, 1.82) is 0 Å². The highest BCUT2D eigenvalue weighted by Gasteiger charge is 2.29. The molecule has 33 heavy (non-hydrogen) atoms. The van der Waals surface area contributed by atoms with Gasteiger partial charge in [0.2, 0.25) is 15.9 Å². The lowest BCUT2D eigenvalue weighted by Gasteiger charge is -2.22. The standard InChI is InChI=1S/C25H27FN2O4S/c1-17-9-14-23(32-3)24(15-17)33(30,31)28-22(16-19-7-5-4-6-8-19)25(29)27-18(2)20-10-12-21(26)13-11-20/h4-15,18,22,28H,16H2,1-3H3,(H,27,29)/t18-,22-/m0/s1. The topological polar surface area (TPSA) is 84.5 Å². The molecule has 2 atom stereocenters. The first kappa shape index (κ1) is 24.4. The van der Waals surface area contributed by atoms with Crippen LogP contribution in [0.4, 0.5) is 4.39 Å². The van der Waals surface area contributed by atoms with Crippen molar-refractivity contribution in [2.45, 2.75) is 37.2 Å². The van der Waals surface area contributed by atoms with E-state index in [0.29, 0.717) is 5.56 Å². The van der Waals surface area contributed by atoms with E-state index in [1.165, 1.54) is 25.3 Å². The highest BCUT2D eigenvalue weighted by molar-refractivity contribution is 7.89. The molecule has 0 spiro atoms. The van der Waals surface area contributed by atoms with E-state index in [-0.39, 0.29) is 22.9 Å². The molecule has 3 rings (SSSR count). The molecular formula is C25H27FN2O4S. The molecule has 0 heterocycles. The third-order valence-electron chi connectivity index (χ3n) is 5.23. The number of aryl methyl sites for hydroxylation is 1. The number of nitrogens with one attached hydrogen (secondary N) is 2. The summed E-state index contributed by atoms with van der Waals surface area (Å²) < 4.78 is 47.5. The van der Waals surface area contributed by atoms with Gasteiger partial charge in [0, 0.05) is 0 Å². The van der Waals surface area contributed by atoms with E-state index in [0.717, 1.165) is 11.1 Å². The van der Waals surface area contributed by atoms with Gasteiger partial charge in [-0.2, -0.15) is 4.72 Å². The minimum Gasteiger partial charge on any atom is -0.495 e. The Morgan fingerprint density at radius 2 is 1.70 bits per heavy atom. The van der Waals surface area contributed by atoms with Crippen molar-refractivity contribution < 1.29 is 22.3 Å². The van der Waals surface area contributed by atoms with Crippen molar-refractivity contribution in [3.63, 3.8) is 0 Å². The van der Waals surface area contributed by atoms with E-state index < -0.39 is 28.0 Å². The van der Waals surface area contributed by atoms with Crippen molar-refractivity contribution >= 4 is 15.9 Å². The van der Waals surface area contributed by atoms with Crippen LogP contribution in [0.5, 0.6) is 5.75 Å². The number of methoxy groups -OCH3 is 1. The van der Waals surface area contributed by atoms with Gasteiger partial charge < -0.3 is 10.1 Å². The zero-order valence-corrected chi connectivity index (χ0v) is 19.5. The van der Waals surface area contributed by atoms with Crippen LogP contribution in [-0.2, 0) is 21.2 Å². The second-order valence-electron chi connectivity index (χ2n) is 7.80. The number of ether oxygens (including phenoxy) is 1. The van der Waals surface area contributed by atoms with Gasteiger partial charge in [-0.15, -0.1) is 0 Å². The summed E-state index contributed by atoms with van der Waals surface area (Å²) in [7, 11) is -2.69. The van der Waals surface area contributed by atoms with Crippen LogP contribution >= 0.6 is 0 Å². The molecule has 0 aliphatic rings. The third kappa shape index (κ3) is 6.40. The largest absolute Gasteiger partial charge is 0.495 e. The zero-order valence-electron chi connectivity index (χ0n) is 18.7. The van der Waals surface area contributed by atoms with Crippen molar-refractivity contribution in [2.75, 3.05) is 7.11 Å². The summed E-state index contributed by atoms with van der Waals surface area (Å²) in [6, 6.07) is 18.2. The maximum absolute atomic E-state index is 13.2. The van der Waals surface area contributed by atoms with Crippen LogP contribution in [0.3, 0.4) is 0 Å². The molecule has 174 valence electrons. The van der Waals surface area contributed by atoms with E-state index >= 15 is 0 Å². The summed E-state index contributed by atoms with van der Waals surface area (Å²) in [4.78, 5) is 13.1. The molecule has 0 bridgehead atoms. The van der Waals surface area contributed by atoms with Gasteiger partial charge in [0.05, 0.1) is 13.2 Å². The summed E-state index contributed by atoms with van der Waals surface area (Å²) in [5, 5.41) is 2.83. The van der Waals surface area contributed by atoms with Gasteiger partial charge >= 0.3 is 0 Å². The number of amides is 1. The molecule has 3 aromatic carbocycles. The Bertz CT molecular complexity index is 1200. The fraction of sp³-hybridized carbons (Fsp3) is 0.240. The normalized spacial score (nSPS) is 13.2. The molecule has 8 heteroatoms. The Labute approximate surface area is 193 Å². The summed E-state index contributed by atoms with van der Waals surface area (Å²) in [5.41, 5.74) is 2.24. The minimum absolute atomic E-state index is 0.0394. The highest BCUT2D eigenvalue weighted by Crippen LogP contribution is 2.25. The second-order valence-corrected chi connectivity index (χ2v) is 9.48. The highest BCUT2D eigenvalue weighted by atomic mass is 32.2. The third-order valence-corrected chi connectivity index (χ3v) is 6.73. The van der Waals surface area contributed by atoms with E-state index in [2.05, 4.69) is 10.0 Å². The van der Waals surface area contributed by atoms with Crippen LogP contribution < -0.4 is 14.8 Å². The molecule has 0 unspecified atom stereocenters. The lowest BCUT2D eigenvalue weighted by molar-refractivity contribution is -0.123. The Hall–Kier alpha value is -3.23. The Morgan fingerprint density at radius 1 is 1.03 bits per heavy atom. The fourth-order valence-electron chi connectivity index (χ4n) is 3.43. The van der Waals surface area contributed by atoms with Gasteiger partial charge in [0.25, 0.3) is 0 Å². The van der Waals surface area contributed by atoms with Crippen molar-refractivity contribution in [3.8, 4) is 5.75 Å². The minimum atomic E-state index is -4.08. The molecule has 6 nitrogen and oxygen atoms in total. The SMILES string of the molecule is COc1ccc(C)cc1S(=O)(=O)N[C@@H](Cc1ccccc1)C(=O)N[C@@H](C)c1ccc(F)cc1. The number of benzene rings is 3. The Morgan fingerprint density at radius 3 is 2.33 bits per heavy atom. The summed E-state index contributed by atoms with van der Waals surface area (Å²) in [5.74, 6) is -0.684. The van der Waals surface area contributed by atoms with Gasteiger partial charge in [-0.3, -0.25) is 4.79 Å². The maximum Gasteiger partial charge on any atom is 0.244 e.